The summed E-state index contributed by atoms with van der Waals surface area (Å²) in [6.45, 7) is 4.80. The molecule has 1 aromatic carbocycles. The van der Waals surface area contributed by atoms with Crippen LogP contribution in [0.3, 0.4) is 0 Å². The summed E-state index contributed by atoms with van der Waals surface area (Å²) in [6.07, 6.45) is 7.46. The number of hydrogen-bond donors (Lipinski definition) is 1. The Labute approximate surface area is 184 Å². The number of rotatable bonds is 8. The van der Waals surface area contributed by atoms with Crippen molar-refractivity contribution in [3.8, 4) is 17.0 Å². The quantitative estimate of drug-likeness (QED) is 0.393. The molecule has 166 valence electrons. The normalized spacial score (nSPS) is 19.0. The summed E-state index contributed by atoms with van der Waals surface area (Å²) in [6, 6.07) is 5.87. The number of ether oxygens (including phenoxy) is 2. The zero-order chi connectivity index (χ0) is 21.6. The number of piperidine rings is 1. The molecule has 2 aromatic rings. The summed E-state index contributed by atoms with van der Waals surface area (Å²) in [5.74, 6) is 1.54. The van der Waals surface area contributed by atoms with Gasteiger partial charge in [-0.25, -0.2) is 0 Å². The Morgan fingerprint density at radius 1 is 1.19 bits per heavy atom. The summed E-state index contributed by atoms with van der Waals surface area (Å²) in [5, 5.41) is 13.0. The highest BCUT2D eigenvalue weighted by Crippen LogP contribution is 2.37. The molecule has 1 aliphatic heterocycles. The molecule has 1 fully saturated rings. The standard InChI is InChI=1S/C24H32N4O3/c1-3-30-16-31-22-13-17(15-29)10-11-21(22)23-19-8-4-5-9-20(19)24(27-26-23)25-18-7-6-12-28(2)14-18/h10-11,13,15,18H,3-9,12,14,16H2,1-2H3,(H,25,27)/t18-/m1/s1. The lowest BCUT2D eigenvalue weighted by atomic mass is 9.88. The van der Waals surface area contributed by atoms with Crippen LogP contribution < -0.4 is 10.1 Å². The van der Waals surface area contributed by atoms with Crippen LogP contribution in [0.1, 0.15) is 54.1 Å². The van der Waals surface area contributed by atoms with Crippen LogP contribution >= 0.6 is 0 Å². The third-order valence-electron chi connectivity index (χ3n) is 6.15. The van der Waals surface area contributed by atoms with Crippen LogP contribution in [-0.2, 0) is 17.6 Å². The highest BCUT2D eigenvalue weighted by Gasteiger charge is 2.25. The largest absolute Gasteiger partial charge is 0.467 e. The molecule has 0 unspecified atom stereocenters. The molecule has 7 nitrogen and oxygen atoms in total. The maximum absolute atomic E-state index is 11.3. The van der Waals surface area contributed by atoms with Gasteiger partial charge in [0.1, 0.15) is 17.7 Å². The number of likely N-dealkylation sites (tertiary alicyclic amines) is 1. The molecular formula is C24H32N4O3. The number of carbonyl (C=O) groups excluding carboxylic acids is 1. The number of benzene rings is 1. The van der Waals surface area contributed by atoms with Crippen molar-refractivity contribution < 1.29 is 14.3 Å². The van der Waals surface area contributed by atoms with Gasteiger partial charge in [-0.2, -0.15) is 0 Å². The first-order valence-corrected chi connectivity index (χ1v) is 11.3. The van der Waals surface area contributed by atoms with Crippen molar-refractivity contribution in [1.29, 1.82) is 0 Å². The molecule has 1 atom stereocenters. The number of nitrogens with one attached hydrogen (secondary N) is 1. The predicted octanol–water partition coefficient (Wildman–Crippen LogP) is 3.71. The number of aromatic nitrogens is 2. The van der Waals surface area contributed by atoms with Gasteiger partial charge in [-0.1, -0.05) is 6.07 Å². The molecule has 0 radical (unpaired) electrons. The van der Waals surface area contributed by atoms with Crippen LogP contribution in [0.4, 0.5) is 5.82 Å². The number of hydrogen-bond acceptors (Lipinski definition) is 7. The number of carbonyl (C=O) groups is 1. The topological polar surface area (TPSA) is 76.6 Å². The van der Waals surface area contributed by atoms with E-state index in [1.165, 1.54) is 17.5 Å². The third-order valence-corrected chi connectivity index (χ3v) is 6.15. The van der Waals surface area contributed by atoms with E-state index >= 15 is 0 Å². The summed E-state index contributed by atoms with van der Waals surface area (Å²) >= 11 is 0. The highest BCUT2D eigenvalue weighted by atomic mass is 16.7. The van der Waals surface area contributed by atoms with E-state index in [9.17, 15) is 4.79 Å². The molecule has 0 amide bonds. The fraction of sp³-hybridized carbons (Fsp3) is 0.542. The second-order valence-electron chi connectivity index (χ2n) is 8.44. The average molecular weight is 425 g/mol. The van der Waals surface area contributed by atoms with Crippen LogP contribution in [0.25, 0.3) is 11.3 Å². The molecule has 1 saturated heterocycles. The van der Waals surface area contributed by atoms with E-state index in [-0.39, 0.29) is 6.79 Å². The van der Waals surface area contributed by atoms with Crippen molar-refractivity contribution in [2.45, 2.75) is 51.5 Å². The van der Waals surface area contributed by atoms with Crippen LogP contribution in [0.5, 0.6) is 5.75 Å². The van der Waals surface area contributed by atoms with Crippen molar-refractivity contribution in [2.75, 3.05) is 38.9 Å². The van der Waals surface area contributed by atoms with E-state index in [0.29, 0.717) is 24.0 Å². The van der Waals surface area contributed by atoms with Crippen LogP contribution in [0.2, 0.25) is 0 Å². The van der Waals surface area contributed by atoms with Crippen molar-refractivity contribution >= 4 is 12.1 Å². The fourth-order valence-corrected chi connectivity index (χ4v) is 4.57. The minimum absolute atomic E-state index is 0.135. The number of likely N-dealkylation sites (N-methyl/N-ethyl adjacent to an activating group) is 1. The summed E-state index contributed by atoms with van der Waals surface area (Å²) in [4.78, 5) is 13.7. The molecule has 1 aromatic heterocycles. The van der Waals surface area contributed by atoms with E-state index in [1.54, 1.807) is 12.1 Å². The van der Waals surface area contributed by atoms with Gasteiger partial charge in [0.05, 0.1) is 0 Å². The van der Waals surface area contributed by atoms with Gasteiger partial charge in [-0.15, -0.1) is 10.2 Å². The Morgan fingerprint density at radius 3 is 2.81 bits per heavy atom. The van der Waals surface area contributed by atoms with E-state index in [4.69, 9.17) is 9.47 Å². The van der Waals surface area contributed by atoms with Crippen LogP contribution in [0.15, 0.2) is 18.2 Å². The Kier molecular flexibility index (Phi) is 7.14. The van der Waals surface area contributed by atoms with Crippen molar-refractivity contribution in [2.24, 2.45) is 0 Å². The molecule has 7 heteroatoms. The van der Waals surface area contributed by atoms with Gasteiger partial charge in [-0.3, -0.25) is 4.79 Å². The average Bonchev–Trinajstić information content (AvgIpc) is 2.80. The Balaban J connectivity index is 1.68. The number of nitrogens with zero attached hydrogens (tertiary/aromatic N) is 3. The minimum Gasteiger partial charge on any atom is -0.467 e. The summed E-state index contributed by atoms with van der Waals surface area (Å²) in [5.41, 5.74) is 4.80. The van der Waals surface area contributed by atoms with Crippen molar-refractivity contribution in [3.05, 3.63) is 34.9 Å². The predicted molar refractivity (Wildman–Crippen MR) is 121 cm³/mol. The Hall–Kier alpha value is -2.51. The zero-order valence-corrected chi connectivity index (χ0v) is 18.5. The molecule has 4 rings (SSSR count). The molecule has 1 N–H and O–H groups in total. The van der Waals surface area contributed by atoms with Gasteiger partial charge >= 0.3 is 0 Å². The van der Waals surface area contributed by atoms with Crippen LogP contribution in [0, 0.1) is 0 Å². The monoisotopic (exact) mass is 424 g/mol. The van der Waals surface area contributed by atoms with E-state index < -0.39 is 0 Å². The first kappa shape index (κ1) is 21.7. The van der Waals surface area contributed by atoms with Gasteiger partial charge in [0.2, 0.25) is 0 Å². The smallest absolute Gasteiger partial charge is 0.189 e. The summed E-state index contributed by atoms with van der Waals surface area (Å²) in [7, 11) is 2.17. The Bertz CT molecular complexity index is 918. The van der Waals surface area contributed by atoms with Crippen LogP contribution in [-0.4, -0.2) is 61.0 Å². The van der Waals surface area contributed by atoms with E-state index in [1.807, 2.05) is 13.0 Å². The van der Waals surface area contributed by atoms with Gasteiger partial charge in [-0.05, 0) is 76.7 Å². The Morgan fingerprint density at radius 2 is 2.03 bits per heavy atom. The summed E-state index contributed by atoms with van der Waals surface area (Å²) < 4.78 is 11.2. The highest BCUT2D eigenvalue weighted by molar-refractivity contribution is 5.80. The molecule has 1 aliphatic carbocycles. The lowest BCUT2D eigenvalue weighted by molar-refractivity contribution is 0.0227. The van der Waals surface area contributed by atoms with E-state index in [0.717, 1.165) is 68.6 Å². The first-order valence-electron chi connectivity index (χ1n) is 11.3. The lowest BCUT2D eigenvalue weighted by Crippen LogP contribution is -2.40. The number of anilines is 1. The SMILES string of the molecule is CCOCOc1cc(C=O)ccc1-c1nnc(N[C@@H]2CCCN(C)C2)c2c1CCCC2. The molecule has 2 aliphatic rings. The molecule has 0 spiro atoms. The second-order valence-corrected chi connectivity index (χ2v) is 8.44. The van der Waals surface area contributed by atoms with Crippen molar-refractivity contribution in [3.63, 3.8) is 0 Å². The third kappa shape index (κ3) is 5.05. The fourth-order valence-electron chi connectivity index (χ4n) is 4.57. The van der Waals surface area contributed by atoms with E-state index in [2.05, 4.69) is 27.5 Å². The van der Waals surface area contributed by atoms with Gasteiger partial charge in [0, 0.05) is 35.9 Å². The number of aldehydes is 1. The molecule has 0 saturated carbocycles. The maximum Gasteiger partial charge on any atom is 0.189 e. The van der Waals surface area contributed by atoms with Crippen molar-refractivity contribution in [1.82, 2.24) is 15.1 Å². The van der Waals surface area contributed by atoms with Gasteiger partial charge in [0.15, 0.2) is 12.6 Å². The lowest BCUT2D eigenvalue weighted by Gasteiger charge is -2.31. The molecule has 2 heterocycles. The molecule has 0 bridgehead atoms. The maximum atomic E-state index is 11.3. The van der Waals surface area contributed by atoms with Gasteiger partial charge in [0.25, 0.3) is 0 Å². The zero-order valence-electron chi connectivity index (χ0n) is 18.5. The second kappa shape index (κ2) is 10.2. The first-order chi connectivity index (χ1) is 15.2. The minimum atomic E-state index is 0.135. The molecule has 31 heavy (non-hydrogen) atoms. The van der Waals surface area contributed by atoms with Gasteiger partial charge < -0.3 is 19.7 Å². The number of fused-ring (bicyclic) bond motifs is 1. The molecular weight excluding hydrogens is 392 g/mol.